The monoisotopic (exact) mass is 432 g/mol. The summed E-state index contributed by atoms with van der Waals surface area (Å²) in [6, 6.07) is 29.7. The van der Waals surface area contributed by atoms with Crippen molar-refractivity contribution in [3.63, 3.8) is 0 Å². The van der Waals surface area contributed by atoms with Crippen molar-refractivity contribution in [2.24, 2.45) is 0 Å². The van der Waals surface area contributed by atoms with E-state index >= 15 is 0 Å². The molecule has 3 aromatic carbocycles. The minimum Gasteiger partial charge on any atom is -0.384 e. The molecule has 0 saturated carbocycles. The first-order chi connectivity index (χ1) is 16.3. The van der Waals surface area contributed by atoms with Gasteiger partial charge in [0, 0.05) is 28.8 Å². The standard InChI is InChI=1S/C29H28N4/c1-21-26-18-24(15-16-28(26)33-32-21)27-19-25(20-31-29(27)23-13-6-3-7-14-23)30-17-9-8-12-22-10-4-2-5-11-22/h2-7,10-11,13-16,18-20,30H,8-9,12,17H2,1H3,(H,32,33). The maximum atomic E-state index is 4.88. The second-order valence-electron chi connectivity index (χ2n) is 8.44. The number of aryl methyl sites for hydroxylation is 2. The molecule has 33 heavy (non-hydrogen) atoms. The van der Waals surface area contributed by atoms with Gasteiger partial charge in [-0.2, -0.15) is 5.10 Å². The van der Waals surface area contributed by atoms with Gasteiger partial charge in [-0.3, -0.25) is 10.1 Å². The Morgan fingerprint density at radius 3 is 2.42 bits per heavy atom. The van der Waals surface area contributed by atoms with Crippen molar-refractivity contribution in [2.45, 2.75) is 26.2 Å². The topological polar surface area (TPSA) is 53.6 Å². The SMILES string of the molecule is Cc1[nH]nc2ccc(-c3cc(NCCCCc4ccccc4)cnc3-c3ccccc3)cc12. The van der Waals surface area contributed by atoms with Crippen LogP contribution in [0.1, 0.15) is 24.1 Å². The van der Waals surface area contributed by atoms with E-state index in [1.165, 1.54) is 5.56 Å². The summed E-state index contributed by atoms with van der Waals surface area (Å²) in [6.45, 7) is 2.99. The molecule has 4 heteroatoms. The zero-order valence-electron chi connectivity index (χ0n) is 18.9. The summed E-state index contributed by atoms with van der Waals surface area (Å²) in [5, 5.41) is 12.2. The maximum Gasteiger partial charge on any atom is 0.0924 e. The normalized spacial score (nSPS) is 11.1. The third-order valence-electron chi connectivity index (χ3n) is 6.05. The van der Waals surface area contributed by atoms with Crippen molar-refractivity contribution in [3.8, 4) is 22.4 Å². The van der Waals surface area contributed by atoms with E-state index in [9.17, 15) is 0 Å². The molecule has 0 bridgehead atoms. The minimum atomic E-state index is 0.929. The van der Waals surface area contributed by atoms with E-state index in [1.807, 2.05) is 12.3 Å². The zero-order chi connectivity index (χ0) is 22.5. The van der Waals surface area contributed by atoms with E-state index in [0.717, 1.165) is 70.5 Å². The van der Waals surface area contributed by atoms with Gasteiger partial charge in [0.05, 0.1) is 23.1 Å². The molecule has 0 amide bonds. The lowest BCUT2D eigenvalue weighted by molar-refractivity contribution is 0.763. The molecule has 2 aromatic heterocycles. The average Bonchev–Trinajstić information content (AvgIpc) is 3.25. The van der Waals surface area contributed by atoms with Gasteiger partial charge in [-0.1, -0.05) is 66.7 Å². The summed E-state index contributed by atoms with van der Waals surface area (Å²) in [5.74, 6) is 0. The van der Waals surface area contributed by atoms with E-state index in [1.54, 1.807) is 0 Å². The number of H-pyrrole nitrogens is 1. The van der Waals surface area contributed by atoms with Crippen molar-refractivity contribution in [3.05, 3.63) is 102 Å². The minimum absolute atomic E-state index is 0.929. The number of anilines is 1. The van der Waals surface area contributed by atoms with Gasteiger partial charge in [-0.15, -0.1) is 0 Å². The third kappa shape index (κ3) is 4.80. The summed E-state index contributed by atoms with van der Waals surface area (Å²) in [7, 11) is 0. The second kappa shape index (κ2) is 9.70. The van der Waals surface area contributed by atoms with Gasteiger partial charge in [0.1, 0.15) is 0 Å². The summed E-state index contributed by atoms with van der Waals surface area (Å²) in [5.41, 5.74) is 8.89. The van der Waals surface area contributed by atoms with Crippen molar-refractivity contribution in [1.82, 2.24) is 15.2 Å². The molecular weight excluding hydrogens is 404 g/mol. The first-order valence-electron chi connectivity index (χ1n) is 11.6. The van der Waals surface area contributed by atoms with Crippen LogP contribution >= 0.6 is 0 Å². The third-order valence-corrected chi connectivity index (χ3v) is 6.05. The van der Waals surface area contributed by atoms with Gasteiger partial charge >= 0.3 is 0 Å². The van der Waals surface area contributed by atoms with Crippen LogP contribution in [0.4, 0.5) is 5.69 Å². The Morgan fingerprint density at radius 1 is 0.818 bits per heavy atom. The molecule has 0 spiro atoms. The Labute approximate surface area is 194 Å². The number of aromatic amines is 1. The number of fused-ring (bicyclic) bond motifs is 1. The molecule has 2 heterocycles. The highest BCUT2D eigenvalue weighted by atomic mass is 15.1. The number of hydrogen-bond donors (Lipinski definition) is 2. The average molecular weight is 433 g/mol. The highest BCUT2D eigenvalue weighted by molar-refractivity contribution is 5.90. The Balaban J connectivity index is 1.38. The van der Waals surface area contributed by atoms with E-state index in [2.05, 4.69) is 101 Å². The summed E-state index contributed by atoms with van der Waals surface area (Å²) < 4.78 is 0. The van der Waals surface area contributed by atoms with Gasteiger partial charge in [-0.25, -0.2) is 0 Å². The number of aromatic nitrogens is 3. The van der Waals surface area contributed by atoms with Crippen molar-refractivity contribution in [1.29, 1.82) is 0 Å². The van der Waals surface area contributed by atoms with Crippen LogP contribution < -0.4 is 5.32 Å². The molecule has 0 unspecified atom stereocenters. The van der Waals surface area contributed by atoms with Gasteiger partial charge in [0.2, 0.25) is 0 Å². The Hall–Kier alpha value is -3.92. The second-order valence-corrected chi connectivity index (χ2v) is 8.44. The smallest absolute Gasteiger partial charge is 0.0924 e. The van der Waals surface area contributed by atoms with Gasteiger partial charge in [0.15, 0.2) is 0 Å². The lowest BCUT2D eigenvalue weighted by Gasteiger charge is -2.13. The van der Waals surface area contributed by atoms with Gasteiger partial charge < -0.3 is 5.32 Å². The number of rotatable bonds is 8. The van der Waals surface area contributed by atoms with Crippen LogP contribution in [0.5, 0.6) is 0 Å². The lowest BCUT2D eigenvalue weighted by atomic mass is 9.97. The van der Waals surface area contributed by atoms with E-state index in [0.29, 0.717) is 0 Å². The van der Waals surface area contributed by atoms with Gasteiger partial charge in [0.25, 0.3) is 0 Å². The molecule has 0 aliphatic carbocycles. The molecule has 0 aliphatic heterocycles. The van der Waals surface area contributed by atoms with Crippen LogP contribution in [-0.4, -0.2) is 21.7 Å². The van der Waals surface area contributed by atoms with Crippen LogP contribution in [0, 0.1) is 6.92 Å². The number of unbranched alkanes of at least 4 members (excludes halogenated alkanes) is 1. The first-order valence-corrected chi connectivity index (χ1v) is 11.6. The number of hydrogen-bond acceptors (Lipinski definition) is 3. The van der Waals surface area contributed by atoms with Crippen molar-refractivity contribution < 1.29 is 0 Å². The molecule has 0 atom stereocenters. The van der Waals surface area contributed by atoms with Crippen molar-refractivity contribution in [2.75, 3.05) is 11.9 Å². The zero-order valence-corrected chi connectivity index (χ0v) is 18.9. The quantitative estimate of drug-likeness (QED) is 0.259. The summed E-state index contributed by atoms with van der Waals surface area (Å²) in [4.78, 5) is 4.88. The van der Waals surface area contributed by atoms with Gasteiger partial charge in [-0.05, 0) is 55.5 Å². The molecule has 0 radical (unpaired) electrons. The van der Waals surface area contributed by atoms with Crippen molar-refractivity contribution >= 4 is 16.6 Å². The fraction of sp³-hybridized carbons (Fsp3) is 0.172. The van der Waals surface area contributed by atoms with E-state index < -0.39 is 0 Å². The maximum absolute atomic E-state index is 4.88. The Morgan fingerprint density at radius 2 is 1.61 bits per heavy atom. The molecule has 164 valence electrons. The Bertz CT molecular complexity index is 1340. The van der Waals surface area contributed by atoms with E-state index in [-0.39, 0.29) is 0 Å². The number of nitrogens with one attached hydrogen (secondary N) is 2. The molecule has 0 aliphatic rings. The highest BCUT2D eigenvalue weighted by Gasteiger charge is 2.12. The van der Waals surface area contributed by atoms with E-state index in [4.69, 9.17) is 4.98 Å². The summed E-state index contributed by atoms with van der Waals surface area (Å²) >= 11 is 0. The molecule has 0 saturated heterocycles. The molecular formula is C29H28N4. The van der Waals surface area contributed by atoms with Crippen LogP contribution in [-0.2, 0) is 6.42 Å². The van der Waals surface area contributed by atoms with Crippen LogP contribution in [0.25, 0.3) is 33.3 Å². The molecule has 5 aromatic rings. The largest absolute Gasteiger partial charge is 0.384 e. The highest BCUT2D eigenvalue weighted by Crippen LogP contribution is 2.34. The molecule has 4 nitrogen and oxygen atoms in total. The van der Waals surface area contributed by atoms with Crippen LogP contribution in [0.2, 0.25) is 0 Å². The number of benzene rings is 3. The predicted octanol–water partition coefficient (Wildman–Crippen LogP) is 7.04. The van der Waals surface area contributed by atoms with Crippen LogP contribution in [0.15, 0.2) is 91.1 Å². The number of nitrogens with zero attached hydrogens (tertiary/aromatic N) is 2. The Kier molecular flexibility index (Phi) is 6.16. The molecule has 5 rings (SSSR count). The number of pyridine rings is 1. The molecule has 0 fully saturated rings. The predicted molar refractivity (Wildman–Crippen MR) is 137 cm³/mol. The van der Waals surface area contributed by atoms with Crippen LogP contribution in [0.3, 0.4) is 0 Å². The lowest BCUT2D eigenvalue weighted by Crippen LogP contribution is -2.03. The molecule has 2 N–H and O–H groups in total. The first kappa shape index (κ1) is 21.0. The summed E-state index contributed by atoms with van der Waals surface area (Å²) in [6.07, 6.45) is 5.34. The fourth-order valence-corrected chi connectivity index (χ4v) is 4.24. The fourth-order valence-electron chi connectivity index (χ4n) is 4.24.